The molecule has 0 bridgehead atoms. The maximum Gasteiger partial charge on any atom is 0.416 e. The number of benzene rings is 2. The summed E-state index contributed by atoms with van der Waals surface area (Å²) in [5, 5.41) is 4.96. The number of oxime groups is 1. The molecule has 7 heteroatoms. The smallest absolute Gasteiger partial charge is 0.313 e. The van der Waals surface area contributed by atoms with E-state index in [1.165, 1.54) is 11.3 Å². The molecule has 3 nitrogen and oxygen atoms in total. The van der Waals surface area contributed by atoms with Crippen LogP contribution in [0, 0.1) is 6.92 Å². The number of carbonyl (C=O) groups excluding carboxylic acids is 1. The summed E-state index contributed by atoms with van der Waals surface area (Å²) in [6.45, 7) is 3.68. The summed E-state index contributed by atoms with van der Waals surface area (Å²) in [7, 11) is 0. The molecule has 0 amide bonds. The first-order valence-corrected chi connectivity index (χ1v) is 8.50. The van der Waals surface area contributed by atoms with Gasteiger partial charge in [0.15, 0.2) is 0 Å². The van der Waals surface area contributed by atoms with Crippen molar-refractivity contribution in [3.8, 4) is 0 Å². The van der Waals surface area contributed by atoms with Gasteiger partial charge in [-0.15, -0.1) is 11.3 Å². The van der Waals surface area contributed by atoms with Gasteiger partial charge in [0.05, 0.1) is 21.7 Å². The van der Waals surface area contributed by atoms with Crippen molar-refractivity contribution in [2.75, 3.05) is 0 Å². The van der Waals surface area contributed by atoms with Crippen LogP contribution in [-0.4, -0.2) is 11.7 Å². The van der Waals surface area contributed by atoms with Crippen molar-refractivity contribution in [3.63, 3.8) is 0 Å². The van der Waals surface area contributed by atoms with Crippen LogP contribution >= 0.6 is 11.3 Å². The lowest BCUT2D eigenvalue weighted by atomic mass is 10.1. The summed E-state index contributed by atoms with van der Waals surface area (Å²) in [5.41, 5.74) is 0.749. The van der Waals surface area contributed by atoms with E-state index in [1.807, 2.05) is 31.2 Å². The number of rotatable bonds is 3. The Labute approximate surface area is 151 Å². The first kappa shape index (κ1) is 18.1. The number of hydrogen-bond acceptors (Lipinski definition) is 4. The first-order valence-electron chi connectivity index (χ1n) is 7.69. The molecular weight excluding hydrogens is 363 g/mol. The standard InChI is InChI=1S/C19H14F3NO2S/c1-11-15-5-3-4-6-16(15)26-17(11)12(2)23-25-18(24)13-7-9-14(10-8-13)19(20,21)22/h3-10H,1-2H3. The van der Waals surface area contributed by atoms with Crippen LogP contribution in [0.4, 0.5) is 13.2 Å². The highest BCUT2D eigenvalue weighted by Crippen LogP contribution is 2.31. The van der Waals surface area contributed by atoms with Crippen molar-refractivity contribution in [1.82, 2.24) is 0 Å². The number of nitrogens with zero attached hydrogens (tertiary/aromatic N) is 1. The molecule has 134 valence electrons. The van der Waals surface area contributed by atoms with Crippen LogP contribution in [0.25, 0.3) is 10.1 Å². The third-order valence-corrected chi connectivity index (χ3v) is 5.27. The van der Waals surface area contributed by atoms with Crippen LogP contribution in [0.5, 0.6) is 0 Å². The zero-order valence-electron chi connectivity index (χ0n) is 13.9. The number of halogens is 3. The Hall–Kier alpha value is -2.67. The molecule has 0 unspecified atom stereocenters. The summed E-state index contributed by atoms with van der Waals surface area (Å²) in [6, 6.07) is 11.7. The average molecular weight is 377 g/mol. The van der Waals surface area contributed by atoms with Gasteiger partial charge in [-0.25, -0.2) is 4.79 Å². The first-order chi connectivity index (χ1) is 12.3. The van der Waals surface area contributed by atoms with Crippen molar-refractivity contribution in [3.05, 3.63) is 70.1 Å². The van der Waals surface area contributed by atoms with Crippen LogP contribution in [0.2, 0.25) is 0 Å². The van der Waals surface area contributed by atoms with Crippen molar-refractivity contribution in [2.45, 2.75) is 20.0 Å². The average Bonchev–Trinajstić information content (AvgIpc) is 2.96. The van der Waals surface area contributed by atoms with E-state index in [4.69, 9.17) is 4.84 Å². The van der Waals surface area contributed by atoms with E-state index >= 15 is 0 Å². The van der Waals surface area contributed by atoms with Crippen LogP contribution in [0.1, 0.15) is 33.3 Å². The van der Waals surface area contributed by atoms with Gasteiger partial charge in [-0.1, -0.05) is 23.4 Å². The van der Waals surface area contributed by atoms with Gasteiger partial charge < -0.3 is 4.84 Å². The molecule has 3 aromatic rings. The van der Waals surface area contributed by atoms with Crippen LogP contribution < -0.4 is 0 Å². The molecule has 1 aromatic heterocycles. The highest BCUT2D eigenvalue weighted by molar-refractivity contribution is 7.21. The number of fused-ring (bicyclic) bond motifs is 1. The fraction of sp³-hybridized carbons (Fsp3) is 0.158. The Morgan fingerprint density at radius 3 is 2.35 bits per heavy atom. The molecule has 2 aromatic carbocycles. The molecule has 0 saturated carbocycles. The van der Waals surface area contributed by atoms with E-state index in [0.717, 1.165) is 44.8 Å². The molecule has 3 rings (SSSR count). The second kappa shape index (κ2) is 6.92. The fourth-order valence-corrected chi connectivity index (χ4v) is 3.66. The topological polar surface area (TPSA) is 38.7 Å². The number of hydrogen-bond donors (Lipinski definition) is 0. The lowest BCUT2D eigenvalue weighted by Gasteiger charge is -2.06. The van der Waals surface area contributed by atoms with Gasteiger partial charge in [0, 0.05) is 4.70 Å². The fourth-order valence-electron chi connectivity index (χ4n) is 2.52. The van der Waals surface area contributed by atoms with Gasteiger partial charge in [0.2, 0.25) is 0 Å². The third kappa shape index (κ3) is 3.62. The van der Waals surface area contributed by atoms with E-state index in [9.17, 15) is 18.0 Å². The van der Waals surface area contributed by atoms with Gasteiger partial charge in [-0.2, -0.15) is 13.2 Å². The predicted molar refractivity (Wildman–Crippen MR) is 95.6 cm³/mol. The lowest BCUT2D eigenvalue weighted by Crippen LogP contribution is -2.07. The number of aryl methyl sites for hydroxylation is 1. The van der Waals surface area contributed by atoms with Crippen molar-refractivity contribution in [2.24, 2.45) is 5.16 Å². The molecule has 0 aliphatic heterocycles. The normalized spacial score (nSPS) is 12.4. The number of thiophene rings is 1. The number of alkyl halides is 3. The SMILES string of the molecule is CC(=NOC(=O)c1ccc(C(F)(F)F)cc1)c1sc2ccccc2c1C. The Kier molecular flexibility index (Phi) is 4.82. The minimum Gasteiger partial charge on any atom is -0.313 e. The molecule has 0 atom stereocenters. The van der Waals surface area contributed by atoms with E-state index in [2.05, 4.69) is 5.16 Å². The van der Waals surface area contributed by atoms with E-state index < -0.39 is 17.7 Å². The quantitative estimate of drug-likeness (QED) is 0.328. The Morgan fingerprint density at radius 1 is 1.08 bits per heavy atom. The molecule has 26 heavy (non-hydrogen) atoms. The second-order valence-electron chi connectivity index (χ2n) is 5.68. The summed E-state index contributed by atoms with van der Waals surface area (Å²) < 4.78 is 38.8. The second-order valence-corrected chi connectivity index (χ2v) is 6.74. The van der Waals surface area contributed by atoms with Gasteiger partial charge >= 0.3 is 12.1 Å². The van der Waals surface area contributed by atoms with E-state index in [1.54, 1.807) is 6.92 Å². The van der Waals surface area contributed by atoms with Crippen LogP contribution in [-0.2, 0) is 11.0 Å². The molecular formula is C19H14F3NO2S. The Morgan fingerprint density at radius 2 is 1.73 bits per heavy atom. The Bertz CT molecular complexity index is 988. The summed E-state index contributed by atoms with van der Waals surface area (Å²) in [4.78, 5) is 17.8. The third-order valence-electron chi connectivity index (χ3n) is 3.89. The lowest BCUT2D eigenvalue weighted by molar-refractivity contribution is -0.137. The molecule has 0 N–H and O–H groups in total. The highest BCUT2D eigenvalue weighted by Gasteiger charge is 2.30. The molecule has 0 fully saturated rings. The van der Waals surface area contributed by atoms with Crippen molar-refractivity contribution < 1.29 is 22.8 Å². The Balaban J connectivity index is 1.77. The minimum absolute atomic E-state index is 0.00242. The highest BCUT2D eigenvalue weighted by atomic mass is 32.1. The van der Waals surface area contributed by atoms with Gasteiger partial charge in [0.25, 0.3) is 0 Å². The summed E-state index contributed by atoms with van der Waals surface area (Å²) in [6.07, 6.45) is -4.45. The molecule has 0 radical (unpaired) electrons. The molecule has 1 heterocycles. The molecule has 0 aliphatic rings. The van der Waals surface area contributed by atoms with Crippen LogP contribution in [0.15, 0.2) is 53.7 Å². The van der Waals surface area contributed by atoms with Gasteiger partial charge in [0.1, 0.15) is 0 Å². The monoisotopic (exact) mass is 377 g/mol. The summed E-state index contributed by atoms with van der Waals surface area (Å²) in [5.74, 6) is -0.808. The largest absolute Gasteiger partial charge is 0.416 e. The minimum atomic E-state index is -4.45. The van der Waals surface area contributed by atoms with E-state index in [-0.39, 0.29) is 5.56 Å². The maximum absolute atomic E-state index is 12.6. The van der Waals surface area contributed by atoms with Gasteiger partial charge in [-0.05, 0) is 55.1 Å². The van der Waals surface area contributed by atoms with Crippen molar-refractivity contribution in [1.29, 1.82) is 0 Å². The maximum atomic E-state index is 12.6. The van der Waals surface area contributed by atoms with Crippen molar-refractivity contribution >= 4 is 33.1 Å². The predicted octanol–water partition coefficient (Wildman–Crippen LogP) is 5.81. The van der Waals surface area contributed by atoms with Gasteiger partial charge in [-0.3, -0.25) is 0 Å². The zero-order valence-corrected chi connectivity index (χ0v) is 14.7. The molecule has 0 aliphatic carbocycles. The summed E-state index contributed by atoms with van der Waals surface area (Å²) >= 11 is 1.54. The molecule has 0 spiro atoms. The van der Waals surface area contributed by atoms with Crippen LogP contribution in [0.3, 0.4) is 0 Å². The van der Waals surface area contributed by atoms with E-state index in [0.29, 0.717) is 5.71 Å². The zero-order chi connectivity index (χ0) is 18.9. The molecule has 0 saturated heterocycles. The number of carbonyl (C=O) groups is 1.